The fourth-order valence-electron chi connectivity index (χ4n) is 1.98. The van der Waals surface area contributed by atoms with Crippen LogP contribution in [0.5, 0.6) is 0 Å². The van der Waals surface area contributed by atoms with Crippen LogP contribution in [0.3, 0.4) is 0 Å². The number of rotatable bonds is 3. The highest BCUT2D eigenvalue weighted by Crippen LogP contribution is 2.18. The van der Waals surface area contributed by atoms with E-state index in [2.05, 4.69) is 21.8 Å². The lowest BCUT2D eigenvalue weighted by Gasteiger charge is -1.98. The molecule has 0 spiro atoms. The molecule has 3 aromatic heterocycles. The number of nitrogens with zero attached hydrogens (tertiary/aromatic N) is 2. The van der Waals surface area contributed by atoms with Gasteiger partial charge in [-0.3, -0.25) is 14.8 Å². The van der Waals surface area contributed by atoms with Crippen molar-refractivity contribution < 1.29 is 13.6 Å². The zero-order chi connectivity index (χ0) is 16.9. The Labute approximate surface area is 141 Å². The summed E-state index contributed by atoms with van der Waals surface area (Å²) in [4.78, 5) is 21.1. The summed E-state index contributed by atoms with van der Waals surface area (Å²) in [6.45, 7) is 0. The smallest absolute Gasteiger partial charge is 0.169 e. The highest BCUT2D eigenvalue weighted by molar-refractivity contribution is 7.12. The maximum atomic E-state index is 13.1. The van der Waals surface area contributed by atoms with Gasteiger partial charge in [0.15, 0.2) is 5.78 Å². The summed E-state index contributed by atoms with van der Waals surface area (Å²) in [6, 6.07) is 6.05. The molecule has 6 heteroatoms. The Hall–Kier alpha value is -2.91. The van der Waals surface area contributed by atoms with E-state index in [0.29, 0.717) is 5.56 Å². The van der Waals surface area contributed by atoms with Gasteiger partial charge in [0.25, 0.3) is 0 Å². The van der Waals surface area contributed by atoms with Crippen molar-refractivity contribution >= 4 is 17.1 Å². The van der Waals surface area contributed by atoms with Crippen molar-refractivity contribution in [2.24, 2.45) is 0 Å². The van der Waals surface area contributed by atoms with E-state index in [1.807, 2.05) is 0 Å². The number of carbonyl (C=O) groups is 1. The van der Waals surface area contributed by atoms with Gasteiger partial charge in [-0.15, -0.1) is 11.3 Å². The van der Waals surface area contributed by atoms with Crippen LogP contribution in [-0.2, 0) is 6.42 Å². The maximum Gasteiger partial charge on any atom is 0.169 e. The summed E-state index contributed by atoms with van der Waals surface area (Å²) in [5.41, 5.74) is 0.716. The first-order valence-electron chi connectivity index (χ1n) is 6.95. The molecule has 118 valence electrons. The first-order valence-corrected chi connectivity index (χ1v) is 7.77. The Bertz CT molecular complexity index is 957. The summed E-state index contributed by atoms with van der Waals surface area (Å²) < 4.78 is 26.1. The maximum absolute atomic E-state index is 13.1. The zero-order valence-corrected chi connectivity index (χ0v) is 13.1. The summed E-state index contributed by atoms with van der Waals surface area (Å²) in [6.07, 6.45) is 5.14. The normalized spacial score (nSPS) is 10.1. The van der Waals surface area contributed by atoms with Crippen molar-refractivity contribution in [1.82, 2.24) is 9.97 Å². The second-order valence-electron chi connectivity index (χ2n) is 4.90. The summed E-state index contributed by atoms with van der Waals surface area (Å²) in [5.74, 6) is 4.54. The third-order valence-electron chi connectivity index (χ3n) is 3.06. The molecule has 0 amide bonds. The molecule has 0 radical (unpaired) electrons. The average molecular weight is 340 g/mol. The molecule has 0 bridgehead atoms. The third kappa shape index (κ3) is 4.09. The van der Waals surface area contributed by atoms with Crippen LogP contribution in [0.2, 0.25) is 0 Å². The van der Waals surface area contributed by atoms with Gasteiger partial charge in [0.2, 0.25) is 0 Å². The number of Topliss-reactive ketones (excluding diaryl/α,β-unsaturated/α-hetero) is 1. The number of halogens is 2. The average Bonchev–Trinajstić information content (AvgIpc) is 3.00. The van der Waals surface area contributed by atoms with Gasteiger partial charge in [0, 0.05) is 34.8 Å². The summed E-state index contributed by atoms with van der Waals surface area (Å²) in [7, 11) is 0. The second kappa shape index (κ2) is 7.11. The highest BCUT2D eigenvalue weighted by Gasteiger charge is 2.10. The molecule has 3 nitrogen and oxygen atoms in total. The molecule has 24 heavy (non-hydrogen) atoms. The number of hydrogen-bond donors (Lipinski definition) is 0. The van der Waals surface area contributed by atoms with Crippen LogP contribution >= 0.6 is 11.3 Å². The molecule has 0 N–H and O–H groups in total. The van der Waals surface area contributed by atoms with E-state index in [0.717, 1.165) is 22.1 Å². The van der Waals surface area contributed by atoms with Gasteiger partial charge in [-0.1, -0.05) is 11.8 Å². The van der Waals surface area contributed by atoms with E-state index in [1.54, 1.807) is 12.1 Å². The molecule has 3 heterocycles. The molecule has 3 aromatic rings. The lowest BCUT2D eigenvalue weighted by molar-refractivity contribution is 0.0993. The molecule has 0 saturated carbocycles. The van der Waals surface area contributed by atoms with Gasteiger partial charge in [0.1, 0.15) is 11.6 Å². The summed E-state index contributed by atoms with van der Waals surface area (Å²) in [5, 5.41) is 0. The lowest BCUT2D eigenvalue weighted by Crippen LogP contribution is -2.03. The highest BCUT2D eigenvalue weighted by atomic mass is 32.1. The van der Waals surface area contributed by atoms with Crippen molar-refractivity contribution in [3.05, 3.63) is 81.6 Å². The van der Waals surface area contributed by atoms with Gasteiger partial charge >= 0.3 is 0 Å². The van der Waals surface area contributed by atoms with Crippen molar-refractivity contribution in [2.45, 2.75) is 6.42 Å². The Morgan fingerprint density at radius 1 is 1.00 bits per heavy atom. The van der Waals surface area contributed by atoms with Crippen LogP contribution in [-0.4, -0.2) is 15.8 Å². The molecule has 0 aliphatic heterocycles. The minimum atomic E-state index is -0.540. The quantitative estimate of drug-likeness (QED) is 0.540. The van der Waals surface area contributed by atoms with Gasteiger partial charge < -0.3 is 0 Å². The van der Waals surface area contributed by atoms with Gasteiger partial charge in [-0.2, -0.15) is 0 Å². The van der Waals surface area contributed by atoms with E-state index in [4.69, 9.17) is 0 Å². The fourth-order valence-corrected chi connectivity index (χ4v) is 2.84. The fraction of sp³-hybridized carbons (Fsp3) is 0.0556. The van der Waals surface area contributed by atoms with Crippen LogP contribution in [0, 0.1) is 23.5 Å². The van der Waals surface area contributed by atoms with Crippen molar-refractivity contribution in [3.63, 3.8) is 0 Å². The first-order chi connectivity index (χ1) is 11.6. The molecular formula is C18H10F2N2OS. The van der Waals surface area contributed by atoms with E-state index in [9.17, 15) is 13.6 Å². The molecule has 3 rings (SSSR count). The number of ketones is 1. The molecule has 0 aliphatic carbocycles. The minimum absolute atomic E-state index is 0.152. The number of hydrogen-bond acceptors (Lipinski definition) is 4. The molecule has 0 atom stereocenters. The second-order valence-corrected chi connectivity index (χ2v) is 6.07. The van der Waals surface area contributed by atoms with E-state index in [1.165, 1.54) is 35.9 Å². The van der Waals surface area contributed by atoms with E-state index < -0.39 is 11.6 Å². The van der Waals surface area contributed by atoms with Crippen molar-refractivity contribution in [2.75, 3.05) is 0 Å². The number of pyridine rings is 2. The Kier molecular flexibility index (Phi) is 4.73. The molecule has 0 fully saturated rings. The van der Waals surface area contributed by atoms with E-state index >= 15 is 0 Å². The number of aromatic nitrogens is 2. The largest absolute Gasteiger partial charge is 0.294 e. The summed E-state index contributed by atoms with van der Waals surface area (Å²) >= 11 is 1.36. The molecule has 0 aromatic carbocycles. The van der Waals surface area contributed by atoms with Crippen LogP contribution in [0.15, 0.2) is 49.1 Å². The van der Waals surface area contributed by atoms with E-state index in [-0.39, 0.29) is 17.8 Å². The van der Waals surface area contributed by atoms with Gasteiger partial charge in [0.05, 0.1) is 17.3 Å². The predicted octanol–water partition coefficient (Wildman–Crippen LogP) is 3.64. The van der Waals surface area contributed by atoms with Crippen molar-refractivity contribution in [3.8, 4) is 11.8 Å². The van der Waals surface area contributed by atoms with Crippen LogP contribution in [0.4, 0.5) is 8.78 Å². The molecular weight excluding hydrogens is 330 g/mol. The Balaban J connectivity index is 1.71. The first kappa shape index (κ1) is 16.0. The monoisotopic (exact) mass is 340 g/mol. The van der Waals surface area contributed by atoms with Crippen molar-refractivity contribution in [1.29, 1.82) is 0 Å². The SMILES string of the molecule is O=C(Cc1ccc(C#Cc2cncc(F)c2)s1)c1cncc(F)c1. The predicted molar refractivity (Wildman–Crippen MR) is 86.7 cm³/mol. The number of carbonyl (C=O) groups excluding carboxylic acids is 1. The molecule has 0 saturated heterocycles. The van der Waals surface area contributed by atoms with Gasteiger partial charge in [-0.05, 0) is 24.3 Å². The van der Waals surface area contributed by atoms with Crippen LogP contribution in [0.25, 0.3) is 0 Å². The van der Waals surface area contributed by atoms with Gasteiger partial charge in [-0.25, -0.2) is 8.78 Å². The molecule has 0 aliphatic rings. The van der Waals surface area contributed by atoms with Crippen LogP contribution < -0.4 is 0 Å². The topological polar surface area (TPSA) is 42.9 Å². The van der Waals surface area contributed by atoms with Crippen LogP contribution in [0.1, 0.15) is 25.7 Å². The zero-order valence-electron chi connectivity index (χ0n) is 12.3. The molecule has 0 unspecified atom stereocenters. The lowest BCUT2D eigenvalue weighted by atomic mass is 10.1. The number of thiophene rings is 1. The Morgan fingerprint density at radius 3 is 2.50 bits per heavy atom. The third-order valence-corrected chi connectivity index (χ3v) is 4.06. The Morgan fingerprint density at radius 2 is 1.75 bits per heavy atom. The minimum Gasteiger partial charge on any atom is -0.294 e. The standard InChI is InChI=1S/C18H10F2N2OS/c19-14-5-12(8-21-10-14)1-2-16-3-4-17(24-16)7-18(23)13-6-15(20)11-22-9-13/h3-6,8-11H,7H2.